The molecule has 3 N–H and O–H groups in total. The molecule has 2 amide bonds. The number of hydrogen-bond acceptors (Lipinski definition) is 5. The minimum absolute atomic E-state index is 0.0871. The van der Waals surface area contributed by atoms with Crippen LogP contribution >= 0.6 is 0 Å². The zero-order chi connectivity index (χ0) is 18.1. The van der Waals surface area contributed by atoms with Crippen LogP contribution in [0.5, 0.6) is 0 Å². The first kappa shape index (κ1) is 17.7. The summed E-state index contributed by atoms with van der Waals surface area (Å²) in [7, 11) is 1.39. The molecule has 0 radical (unpaired) electrons. The van der Waals surface area contributed by atoms with Crippen LogP contribution in [0.15, 0.2) is 29.3 Å². The Hall–Kier alpha value is -2.61. The Morgan fingerprint density at radius 3 is 2.46 bits per heavy atom. The number of ketones is 1. The summed E-state index contributed by atoms with van der Waals surface area (Å²) in [6.45, 7) is 3.33. The largest absolute Gasteiger partial charge is 0.350 e. The normalized spacial score (nSPS) is 18.5. The Bertz CT molecular complexity index is 707. The maximum atomic E-state index is 12.9. The monoisotopic (exact) mass is 334 g/mol. The molecule has 1 aliphatic rings. The first-order valence-electron chi connectivity index (χ1n) is 7.32. The summed E-state index contributed by atoms with van der Waals surface area (Å²) in [6.07, 6.45) is 0. The molecule has 24 heavy (non-hydrogen) atoms. The third-order valence-corrected chi connectivity index (χ3v) is 3.54. The highest BCUT2D eigenvalue weighted by atomic mass is 19.1. The van der Waals surface area contributed by atoms with Gasteiger partial charge in [-0.15, -0.1) is 0 Å². The number of Topliss-reactive ketones (excluding diaryl/α,β-unsaturated/α-hetero) is 1. The second-order valence-corrected chi connectivity index (χ2v) is 6.15. The van der Waals surface area contributed by atoms with E-state index in [1.165, 1.54) is 31.3 Å². The van der Waals surface area contributed by atoms with E-state index in [0.717, 1.165) is 4.90 Å². The van der Waals surface area contributed by atoms with Crippen molar-refractivity contribution in [2.75, 3.05) is 7.05 Å². The molecule has 0 aromatic heterocycles. The van der Waals surface area contributed by atoms with E-state index < -0.39 is 29.2 Å². The van der Waals surface area contributed by atoms with Gasteiger partial charge in [-0.05, 0) is 31.5 Å². The Labute approximate surface area is 138 Å². The van der Waals surface area contributed by atoms with Crippen molar-refractivity contribution in [1.82, 2.24) is 10.2 Å². The summed E-state index contributed by atoms with van der Waals surface area (Å²) >= 11 is 0. The molecule has 2 rings (SSSR count). The number of carbonyl (C=O) groups is 3. The molecule has 1 aromatic rings. The van der Waals surface area contributed by atoms with Crippen molar-refractivity contribution in [1.29, 1.82) is 0 Å². The van der Waals surface area contributed by atoms with Gasteiger partial charge in [-0.3, -0.25) is 19.3 Å². The quantitative estimate of drug-likeness (QED) is 0.597. The zero-order valence-electron chi connectivity index (χ0n) is 13.7. The fourth-order valence-electron chi connectivity index (χ4n) is 2.31. The molecule has 0 bridgehead atoms. The number of nitrogens with zero attached hydrogens (tertiary/aromatic N) is 2. The second kappa shape index (κ2) is 6.48. The lowest BCUT2D eigenvalue weighted by atomic mass is 10.00. The van der Waals surface area contributed by atoms with Crippen molar-refractivity contribution in [3.8, 4) is 0 Å². The maximum absolute atomic E-state index is 12.9. The molecule has 8 heteroatoms. The fraction of sp³-hybridized carbons (Fsp3) is 0.375. The van der Waals surface area contributed by atoms with Crippen molar-refractivity contribution in [2.45, 2.75) is 32.0 Å². The van der Waals surface area contributed by atoms with Crippen molar-refractivity contribution in [3.63, 3.8) is 0 Å². The lowest BCUT2D eigenvalue weighted by Gasteiger charge is -2.33. The lowest BCUT2D eigenvalue weighted by Crippen LogP contribution is -2.60. The second-order valence-electron chi connectivity index (χ2n) is 6.15. The molecule has 0 unspecified atom stereocenters. The first-order valence-corrected chi connectivity index (χ1v) is 7.32. The van der Waals surface area contributed by atoms with Gasteiger partial charge in [-0.1, -0.05) is 12.1 Å². The highest BCUT2D eigenvalue weighted by Gasteiger charge is 2.42. The summed E-state index contributed by atoms with van der Waals surface area (Å²) in [5, 5.41) is 2.53. The third-order valence-electron chi connectivity index (χ3n) is 3.54. The van der Waals surface area contributed by atoms with E-state index in [4.69, 9.17) is 5.73 Å². The van der Waals surface area contributed by atoms with Crippen LogP contribution in [0.2, 0.25) is 0 Å². The van der Waals surface area contributed by atoms with Crippen LogP contribution in [0.4, 0.5) is 4.39 Å². The molecule has 1 heterocycles. The van der Waals surface area contributed by atoms with Gasteiger partial charge in [0.25, 0.3) is 17.6 Å². The lowest BCUT2D eigenvalue weighted by molar-refractivity contribution is -0.145. The Kier molecular flexibility index (Phi) is 4.79. The molecule has 7 nitrogen and oxygen atoms in total. The van der Waals surface area contributed by atoms with Crippen molar-refractivity contribution >= 4 is 23.4 Å². The van der Waals surface area contributed by atoms with E-state index in [1.54, 1.807) is 13.8 Å². The standard InChI is InChI=1S/C16H19FN4O3/c1-16(2,18)15-20-11(12(22)14(24)21(15)3)13(23)19-8-9-4-6-10(17)7-5-9/h4-7,11H,8,18H2,1-3H3,(H,19,23)/t11-/m1/s1. The van der Waals surface area contributed by atoms with Crippen LogP contribution < -0.4 is 11.1 Å². The van der Waals surface area contributed by atoms with E-state index in [1.807, 2.05) is 0 Å². The van der Waals surface area contributed by atoms with E-state index in [9.17, 15) is 18.8 Å². The third kappa shape index (κ3) is 3.65. The van der Waals surface area contributed by atoms with Gasteiger partial charge in [0.2, 0.25) is 0 Å². The average Bonchev–Trinajstić information content (AvgIpc) is 2.51. The summed E-state index contributed by atoms with van der Waals surface area (Å²) < 4.78 is 12.9. The molecule has 1 aliphatic heterocycles. The average molecular weight is 334 g/mol. The van der Waals surface area contributed by atoms with E-state index in [-0.39, 0.29) is 18.2 Å². The van der Waals surface area contributed by atoms with Gasteiger partial charge < -0.3 is 11.1 Å². The molecule has 0 spiro atoms. The Morgan fingerprint density at radius 1 is 1.33 bits per heavy atom. The predicted octanol–water partition coefficient (Wildman–Crippen LogP) is -0.0126. The number of nitrogens with two attached hydrogens (primary N) is 1. The van der Waals surface area contributed by atoms with Gasteiger partial charge in [-0.2, -0.15) is 0 Å². The molecule has 1 atom stereocenters. The number of hydrogen-bond donors (Lipinski definition) is 2. The maximum Gasteiger partial charge on any atom is 0.297 e. The minimum Gasteiger partial charge on any atom is -0.350 e. The van der Waals surface area contributed by atoms with E-state index >= 15 is 0 Å². The summed E-state index contributed by atoms with van der Waals surface area (Å²) in [6, 6.07) is 4.08. The number of benzene rings is 1. The van der Waals surface area contributed by atoms with Crippen molar-refractivity contribution in [2.24, 2.45) is 10.7 Å². The number of aliphatic imine (C=N–C) groups is 1. The van der Waals surface area contributed by atoms with Crippen LogP contribution in [0.1, 0.15) is 19.4 Å². The summed E-state index contributed by atoms with van der Waals surface area (Å²) in [4.78, 5) is 41.5. The van der Waals surface area contributed by atoms with Crippen LogP contribution in [-0.2, 0) is 20.9 Å². The molecule has 0 fully saturated rings. The van der Waals surface area contributed by atoms with Gasteiger partial charge in [0.1, 0.15) is 11.7 Å². The number of rotatable bonds is 4. The first-order chi connectivity index (χ1) is 11.1. The topological polar surface area (TPSA) is 105 Å². The van der Waals surface area contributed by atoms with Gasteiger partial charge in [0, 0.05) is 13.6 Å². The number of amidine groups is 1. The van der Waals surface area contributed by atoms with Crippen LogP contribution in [0.3, 0.4) is 0 Å². The number of nitrogens with one attached hydrogen (secondary N) is 1. The van der Waals surface area contributed by atoms with E-state index in [0.29, 0.717) is 5.56 Å². The molecule has 1 aromatic carbocycles. The number of amides is 2. The van der Waals surface area contributed by atoms with Gasteiger partial charge in [0.15, 0.2) is 6.04 Å². The number of likely N-dealkylation sites (N-methyl/N-ethyl adjacent to an activating group) is 1. The highest BCUT2D eigenvalue weighted by molar-refractivity contribution is 6.46. The summed E-state index contributed by atoms with van der Waals surface area (Å²) in [5.41, 5.74) is 5.61. The van der Waals surface area contributed by atoms with Gasteiger partial charge >= 0.3 is 0 Å². The zero-order valence-corrected chi connectivity index (χ0v) is 13.7. The van der Waals surface area contributed by atoms with Crippen LogP contribution in [0, 0.1) is 5.82 Å². The molecular formula is C16H19FN4O3. The molecule has 0 saturated heterocycles. The van der Waals surface area contributed by atoms with Gasteiger partial charge in [0.05, 0.1) is 5.54 Å². The fourth-order valence-corrected chi connectivity index (χ4v) is 2.31. The van der Waals surface area contributed by atoms with Crippen molar-refractivity contribution in [3.05, 3.63) is 35.6 Å². The highest BCUT2D eigenvalue weighted by Crippen LogP contribution is 2.15. The molecule has 128 valence electrons. The smallest absolute Gasteiger partial charge is 0.297 e. The Morgan fingerprint density at radius 2 is 1.92 bits per heavy atom. The molecule has 0 saturated carbocycles. The number of carbonyl (C=O) groups excluding carboxylic acids is 3. The van der Waals surface area contributed by atoms with Crippen LogP contribution in [0.25, 0.3) is 0 Å². The minimum atomic E-state index is -1.47. The Balaban J connectivity index is 2.17. The number of halogens is 1. The molecule has 0 aliphatic carbocycles. The summed E-state index contributed by atoms with van der Waals surface area (Å²) in [5.74, 6) is -2.68. The molecular weight excluding hydrogens is 315 g/mol. The van der Waals surface area contributed by atoms with E-state index in [2.05, 4.69) is 10.3 Å². The van der Waals surface area contributed by atoms with Crippen LogP contribution in [-0.4, -0.2) is 47.0 Å². The predicted molar refractivity (Wildman–Crippen MR) is 85.5 cm³/mol. The van der Waals surface area contributed by atoms with Crippen molar-refractivity contribution < 1.29 is 18.8 Å². The van der Waals surface area contributed by atoms with Gasteiger partial charge in [-0.25, -0.2) is 9.38 Å². The SMILES string of the molecule is CN1C(=O)C(=O)[C@H](C(=O)NCc2ccc(F)cc2)N=C1C(C)(C)N.